The average molecular weight is 154 g/mol. The average Bonchev–Trinajstić information content (AvgIpc) is 2.50. The first-order valence-electron chi connectivity index (χ1n) is 4.93. The van der Waals surface area contributed by atoms with Gasteiger partial charge < -0.3 is 5.32 Å². The zero-order chi connectivity index (χ0) is 7.94. The number of hydrogen-bond donors (Lipinski definition) is 1. The topological polar surface area (TPSA) is 12.0 Å². The van der Waals surface area contributed by atoms with E-state index in [0.717, 1.165) is 12.5 Å². The molecule has 0 aromatic heterocycles. The van der Waals surface area contributed by atoms with Crippen LogP contribution in [0.4, 0.5) is 0 Å². The molecule has 0 unspecified atom stereocenters. The van der Waals surface area contributed by atoms with Gasteiger partial charge in [-0.05, 0) is 38.8 Å². The van der Waals surface area contributed by atoms with Crippen molar-refractivity contribution in [3.63, 3.8) is 0 Å². The maximum Gasteiger partial charge on any atom is -0.00484 e. The van der Waals surface area contributed by atoms with Crippen molar-refractivity contribution in [1.82, 2.24) is 5.32 Å². The molecule has 65 valence electrons. The van der Waals surface area contributed by atoms with E-state index >= 15 is 0 Å². The third kappa shape index (κ3) is 3.76. The Balaban J connectivity index is 1.86. The molecule has 1 aliphatic rings. The minimum absolute atomic E-state index is 0.880. The van der Waals surface area contributed by atoms with E-state index in [1.54, 1.807) is 0 Å². The lowest BCUT2D eigenvalue weighted by Gasteiger charge is -2.07. The van der Waals surface area contributed by atoms with Crippen molar-refractivity contribution in [2.24, 2.45) is 5.92 Å². The Hall–Kier alpha value is -0.0400. The predicted molar refractivity (Wildman–Crippen MR) is 49.4 cm³/mol. The SMILES string of the molecule is [CH2]CNCCCC1CCCC1. The Kier molecular flexibility index (Phi) is 4.60. The zero-order valence-corrected chi connectivity index (χ0v) is 7.44. The molecule has 0 amide bonds. The summed E-state index contributed by atoms with van der Waals surface area (Å²) in [4.78, 5) is 0. The van der Waals surface area contributed by atoms with Crippen LogP contribution in [0.3, 0.4) is 0 Å². The largest absolute Gasteiger partial charge is 0.317 e. The molecule has 1 aliphatic carbocycles. The van der Waals surface area contributed by atoms with Crippen molar-refractivity contribution in [2.45, 2.75) is 38.5 Å². The second-order valence-electron chi connectivity index (χ2n) is 3.54. The lowest BCUT2D eigenvalue weighted by molar-refractivity contribution is 0.475. The Morgan fingerprint density at radius 1 is 1.27 bits per heavy atom. The normalized spacial score (nSPS) is 19.4. The summed E-state index contributed by atoms with van der Waals surface area (Å²) in [5.41, 5.74) is 0. The van der Waals surface area contributed by atoms with E-state index in [9.17, 15) is 0 Å². The van der Waals surface area contributed by atoms with Gasteiger partial charge in [0.15, 0.2) is 0 Å². The molecule has 1 radical (unpaired) electrons. The van der Waals surface area contributed by atoms with Crippen LogP contribution in [0.1, 0.15) is 38.5 Å². The minimum Gasteiger partial charge on any atom is -0.317 e. The van der Waals surface area contributed by atoms with Crippen LogP contribution in [0, 0.1) is 12.8 Å². The fourth-order valence-corrected chi connectivity index (χ4v) is 1.94. The predicted octanol–water partition coefficient (Wildman–Crippen LogP) is 2.38. The molecule has 0 saturated heterocycles. The summed E-state index contributed by atoms with van der Waals surface area (Å²) in [6.45, 7) is 5.79. The van der Waals surface area contributed by atoms with E-state index in [4.69, 9.17) is 0 Å². The molecule has 0 aromatic rings. The van der Waals surface area contributed by atoms with Gasteiger partial charge in [0.2, 0.25) is 0 Å². The number of nitrogens with one attached hydrogen (secondary N) is 1. The quantitative estimate of drug-likeness (QED) is 0.599. The third-order valence-electron chi connectivity index (χ3n) is 2.62. The summed E-state index contributed by atoms with van der Waals surface area (Å²) in [6, 6.07) is 0. The van der Waals surface area contributed by atoms with E-state index in [1.165, 1.54) is 45.1 Å². The van der Waals surface area contributed by atoms with Gasteiger partial charge in [0.05, 0.1) is 0 Å². The molecule has 1 rings (SSSR count). The highest BCUT2D eigenvalue weighted by molar-refractivity contribution is 4.67. The van der Waals surface area contributed by atoms with Crippen molar-refractivity contribution in [2.75, 3.05) is 13.1 Å². The van der Waals surface area contributed by atoms with E-state index in [0.29, 0.717) is 0 Å². The maximum absolute atomic E-state index is 3.74. The molecule has 1 saturated carbocycles. The van der Waals surface area contributed by atoms with Crippen molar-refractivity contribution < 1.29 is 0 Å². The van der Waals surface area contributed by atoms with Crippen LogP contribution in [-0.2, 0) is 0 Å². The summed E-state index contributed by atoms with van der Waals surface area (Å²) in [5, 5.41) is 3.26. The van der Waals surface area contributed by atoms with Gasteiger partial charge in [0, 0.05) is 0 Å². The fraction of sp³-hybridized carbons (Fsp3) is 0.900. The summed E-state index contributed by atoms with van der Waals surface area (Å²) < 4.78 is 0. The third-order valence-corrected chi connectivity index (χ3v) is 2.62. The summed E-state index contributed by atoms with van der Waals surface area (Å²) in [6.07, 6.45) is 8.72. The van der Waals surface area contributed by atoms with Gasteiger partial charge in [-0.2, -0.15) is 0 Å². The van der Waals surface area contributed by atoms with Crippen LogP contribution in [0.25, 0.3) is 0 Å². The van der Waals surface area contributed by atoms with Gasteiger partial charge in [-0.25, -0.2) is 0 Å². The van der Waals surface area contributed by atoms with Gasteiger partial charge in [-0.15, -0.1) is 0 Å². The number of rotatable bonds is 5. The lowest BCUT2D eigenvalue weighted by atomic mass is 10.0. The van der Waals surface area contributed by atoms with E-state index < -0.39 is 0 Å². The second kappa shape index (κ2) is 5.59. The van der Waals surface area contributed by atoms with Crippen LogP contribution in [0.15, 0.2) is 0 Å². The van der Waals surface area contributed by atoms with Gasteiger partial charge >= 0.3 is 0 Å². The lowest BCUT2D eigenvalue weighted by Crippen LogP contribution is -2.14. The van der Waals surface area contributed by atoms with Crippen molar-refractivity contribution >= 4 is 0 Å². The molecule has 0 atom stereocenters. The Morgan fingerprint density at radius 2 is 2.00 bits per heavy atom. The Morgan fingerprint density at radius 3 is 2.64 bits per heavy atom. The van der Waals surface area contributed by atoms with Crippen LogP contribution in [0.2, 0.25) is 0 Å². The van der Waals surface area contributed by atoms with Gasteiger partial charge in [-0.1, -0.05) is 25.7 Å². The monoisotopic (exact) mass is 154 g/mol. The first-order chi connectivity index (χ1) is 5.43. The molecule has 11 heavy (non-hydrogen) atoms. The molecule has 1 N–H and O–H groups in total. The molecule has 0 heterocycles. The highest BCUT2D eigenvalue weighted by atomic mass is 14.8. The zero-order valence-electron chi connectivity index (χ0n) is 7.44. The van der Waals surface area contributed by atoms with E-state index in [2.05, 4.69) is 12.2 Å². The highest BCUT2D eigenvalue weighted by Gasteiger charge is 2.13. The van der Waals surface area contributed by atoms with E-state index in [1.807, 2.05) is 0 Å². The second-order valence-corrected chi connectivity index (χ2v) is 3.54. The van der Waals surface area contributed by atoms with Crippen LogP contribution < -0.4 is 5.32 Å². The van der Waals surface area contributed by atoms with Crippen molar-refractivity contribution in [3.05, 3.63) is 6.92 Å². The first-order valence-corrected chi connectivity index (χ1v) is 4.93. The molecule has 1 fully saturated rings. The highest BCUT2D eigenvalue weighted by Crippen LogP contribution is 2.28. The molecular weight excluding hydrogens is 134 g/mol. The van der Waals surface area contributed by atoms with Gasteiger partial charge in [0.25, 0.3) is 0 Å². The molecular formula is C10H20N. The summed E-state index contributed by atoms with van der Waals surface area (Å²) in [5.74, 6) is 1.06. The summed E-state index contributed by atoms with van der Waals surface area (Å²) in [7, 11) is 0. The molecule has 0 spiro atoms. The molecule has 1 nitrogen and oxygen atoms in total. The van der Waals surface area contributed by atoms with E-state index in [-0.39, 0.29) is 0 Å². The van der Waals surface area contributed by atoms with Gasteiger partial charge in [0.1, 0.15) is 0 Å². The standard InChI is InChI=1S/C10H20N/c1-2-11-9-5-8-10-6-3-4-7-10/h10-11H,1-9H2. The van der Waals surface area contributed by atoms with Crippen LogP contribution in [-0.4, -0.2) is 13.1 Å². The Labute approximate surface area is 70.6 Å². The maximum atomic E-state index is 3.74. The van der Waals surface area contributed by atoms with Gasteiger partial charge in [-0.3, -0.25) is 0 Å². The van der Waals surface area contributed by atoms with Crippen molar-refractivity contribution in [3.8, 4) is 0 Å². The molecule has 1 heteroatoms. The molecule has 0 aliphatic heterocycles. The minimum atomic E-state index is 0.880. The summed E-state index contributed by atoms with van der Waals surface area (Å²) >= 11 is 0. The number of hydrogen-bond acceptors (Lipinski definition) is 1. The smallest absolute Gasteiger partial charge is 0.00484 e. The molecule has 0 aromatic carbocycles. The molecule has 0 bridgehead atoms. The van der Waals surface area contributed by atoms with Crippen LogP contribution >= 0.6 is 0 Å². The fourth-order valence-electron chi connectivity index (χ4n) is 1.94. The Bertz CT molecular complexity index is 84.9. The van der Waals surface area contributed by atoms with Crippen LogP contribution in [0.5, 0.6) is 0 Å². The van der Waals surface area contributed by atoms with Crippen molar-refractivity contribution in [1.29, 1.82) is 0 Å². The first kappa shape index (κ1) is 9.05.